The van der Waals surface area contributed by atoms with Gasteiger partial charge in [0.1, 0.15) is 0 Å². The maximum absolute atomic E-state index is 11.0. The van der Waals surface area contributed by atoms with Crippen molar-refractivity contribution in [1.82, 2.24) is 10.3 Å². The minimum absolute atomic E-state index is 0.0849. The molecule has 0 aromatic heterocycles. The molecule has 3 N–H and O–H groups in total. The van der Waals surface area contributed by atoms with Gasteiger partial charge in [-0.2, -0.15) is 5.10 Å². The first-order chi connectivity index (χ1) is 13.0. The number of allylic oxidation sites excluding steroid dienone is 2. The lowest BCUT2D eigenvalue weighted by Crippen LogP contribution is -2.36. The SMILES string of the molecule is NC(=S)N/N=C/C1=C(N2CCOCC2)C(=C/c2cccc([N+](=O)[O-])c2)/CC1. The van der Waals surface area contributed by atoms with E-state index < -0.39 is 0 Å². The largest absolute Gasteiger partial charge is 0.378 e. The average Bonchev–Trinajstić information content (AvgIpc) is 3.04. The quantitative estimate of drug-likeness (QED) is 0.345. The third-order valence-corrected chi connectivity index (χ3v) is 4.51. The number of ether oxygens (including phenoxy) is 1. The highest BCUT2D eigenvalue weighted by atomic mass is 32.1. The molecule has 3 rings (SSSR count). The van der Waals surface area contributed by atoms with E-state index in [-0.39, 0.29) is 15.7 Å². The summed E-state index contributed by atoms with van der Waals surface area (Å²) in [6.45, 7) is 2.93. The van der Waals surface area contributed by atoms with E-state index in [0.29, 0.717) is 13.2 Å². The molecule has 1 aromatic rings. The number of nitrogens with zero attached hydrogens (tertiary/aromatic N) is 3. The predicted molar refractivity (Wildman–Crippen MR) is 108 cm³/mol. The van der Waals surface area contributed by atoms with E-state index >= 15 is 0 Å². The number of nitro benzene ring substituents is 1. The molecule has 1 fully saturated rings. The molecule has 1 aliphatic carbocycles. The van der Waals surface area contributed by atoms with Crippen molar-refractivity contribution < 1.29 is 9.66 Å². The Kier molecular flexibility index (Phi) is 6.15. The Hall–Kier alpha value is -2.78. The van der Waals surface area contributed by atoms with Crippen molar-refractivity contribution >= 4 is 35.3 Å². The topological polar surface area (TPSA) is 106 Å². The van der Waals surface area contributed by atoms with Gasteiger partial charge in [0.25, 0.3) is 5.69 Å². The first-order valence-corrected chi connectivity index (χ1v) is 9.05. The van der Waals surface area contributed by atoms with Crippen LogP contribution in [0, 0.1) is 10.1 Å². The maximum atomic E-state index is 11.0. The van der Waals surface area contributed by atoms with E-state index in [4.69, 9.17) is 22.7 Å². The summed E-state index contributed by atoms with van der Waals surface area (Å²) in [5.41, 5.74) is 12.2. The Morgan fingerprint density at radius 1 is 1.37 bits per heavy atom. The molecule has 2 aliphatic rings. The Morgan fingerprint density at radius 3 is 2.85 bits per heavy atom. The minimum Gasteiger partial charge on any atom is -0.378 e. The second-order valence-electron chi connectivity index (χ2n) is 6.23. The van der Waals surface area contributed by atoms with Crippen molar-refractivity contribution in [2.75, 3.05) is 26.3 Å². The zero-order valence-corrected chi connectivity index (χ0v) is 15.6. The van der Waals surface area contributed by atoms with Gasteiger partial charge in [-0.3, -0.25) is 15.5 Å². The summed E-state index contributed by atoms with van der Waals surface area (Å²) >= 11 is 4.78. The second-order valence-corrected chi connectivity index (χ2v) is 6.67. The Labute approximate surface area is 162 Å². The molecule has 0 radical (unpaired) electrons. The van der Waals surface area contributed by atoms with Crippen molar-refractivity contribution in [2.24, 2.45) is 10.8 Å². The lowest BCUT2D eigenvalue weighted by Gasteiger charge is -2.31. The van der Waals surface area contributed by atoms with Crippen LogP contribution in [-0.2, 0) is 4.74 Å². The molecular formula is C18H21N5O3S. The van der Waals surface area contributed by atoms with Crippen LogP contribution in [0.3, 0.4) is 0 Å². The molecule has 27 heavy (non-hydrogen) atoms. The summed E-state index contributed by atoms with van der Waals surface area (Å²) in [6, 6.07) is 6.66. The molecular weight excluding hydrogens is 366 g/mol. The number of nitrogens with two attached hydrogens (primary N) is 1. The molecule has 1 aromatic carbocycles. The van der Waals surface area contributed by atoms with Crippen molar-refractivity contribution in [2.45, 2.75) is 12.8 Å². The summed E-state index contributed by atoms with van der Waals surface area (Å²) in [5.74, 6) is 0. The normalized spacial score (nSPS) is 19.1. The Morgan fingerprint density at radius 2 is 2.15 bits per heavy atom. The number of non-ortho nitro benzene ring substituents is 1. The summed E-state index contributed by atoms with van der Waals surface area (Å²) < 4.78 is 5.46. The number of hydrogen-bond acceptors (Lipinski definition) is 6. The molecule has 8 nitrogen and oxygen atoms in total. The number of rotatable bonds is 5. The molecule has 0 amide bonds. The fourth-order valence-electron chi connectivity index (χ4n) is 3.27. The smallest absolute Gasteiger partial charge is 0.270 e. The molecule has 1 heterocycles. The van der Waals surface area contributed by atoms with Crippen LogP contribution < -0.4 is 11.2 Å². The highest BCUT2D eigenvalue weighted by molar-refractivity contribution is 7.80. The van der Waals surface area contributed by atoms with Crippen molar-refractivity contribution in [3.8, 4) is 0 Å². The van der Waals surface area contributed by atoms with Gasteiger partial charge >= 0.3 is 0 Å². The van der Waals surface area contributed by atoms with Crippen LogP contribution in [0.4, 0.5) is 5.69 Å². The molecule has 1 saturated heterocycles. The van der Waals surface area contributed by atoms with Crippen molar-refractivity contribution in [1.29, 1.82) is 0 Å². The number of hydrogen-bond donors (Lipinski definition) is 2. The van der Waals surface area contributed by atoms with Crippen LogP contribution in [0.15, 0.2) is 46.2 Å². The van der Waals surface area contributed by atoms with Crippen LogP contribution in [0.25, 0.3) is 6.08 Å². The van der Waals surface area contributed by atoms with Crippen molar-refractivity contribution in [3.05, 3.63) is 56.8 Å². The van der Waals surface area contributed by atoms with Gasteiger partial charge in [0.15, 0.2) is 5.11 Å². The van der Waals surface area contributed by atoms with E-state index in [1.54, 1.807) is 18.3 Å². The molecule has 0 saturated carbocycles. The molecule has 9 heteroatoms. The molecule has 0 spiro atoms. The lowest BCUT2D eigenvalue weighted by atomic mass is 10.1. The minimum atomic E-state index is -0.380. The van der Waals surface area contributed by atoms with Gasteiger partial charge in [-0.05, 0) is 47.8 Å². The van der Waals surface area contributed by atoms with Crippen molar-refractivity contribution in [3.63, 3.8) is 0 Å². The Balaban J connectivity index is 1.94. The average molecular weight is 387 g/mol. The molecule has 0 unspecified atom stereocenters. The van der Waals surface area contributed by atoms with Gasteiger partial charge in [-0.15, -0.1) is 0 Å². The van der Waals surface area contributed by atoms with Gasteiger partial charge in [0, 0.05) is 30.9 Å². The first-order valence-electron chi connectivity index (χ1n) is 8.64. The first kappa shape index (κ1) is 19.0. The zero-order valence-electron chi connectivity index (χ0n) is 14.8. The molecule has 0 bridgehead atoms. The number of benzene rings is 1. The summed E-state index contributed by atoms with van der Waals surface area (Å²) in [5, 5.41) is 15.3. The maximum Gasteiger partial charge on any atom is 0.270 e. The number of hydrazone groups is 1. The van der Waals surface area contributed by atoms with E-state index in [1.807, 2.05) is 12.1 Å². The van der Waals surface area contributed by atoms with Gasteiger partial charge in [-0.25, -0.2) is 0 Å². The van der Waals surface area contributed by atoms with E-state index in [0.717, 1.165) is 48.3 Å². The Bertz CT molecular complexity index is 828. The van der Waals surface area contributed by atoms with Gasteiger partial charge < -0.3 is 15.4 Å². The molecule has 1 aliphatic heterocycles. The molecule has 0 atom stereocenters. The fraction of sp³-hybridized carbons (Fsp3) is 0.333. The number of thiocarbonyl (C=S) groups is 1. The number of nitro groups is 1. The third kappa shape index (κ3) is 4.89. The number of nitrogens with one attached hydrogen (secondary N) is 1. The lowest BCUT2D eigenvalue weighted by molar-refractivity contribution is -0.384. The fourth-order valence-corrected chi connectivity index (χ4v) is 3.33. The monoisotopic (exact) mass is 387 g/mol. The highest BCUT2D eigenvalue weighted by Gasteiger charge is 2.25. The third-order valence-electron chi connectivity index (χ3n) is 4.42. The predicted octanol–water partition coefficient (Wildman–Crippen LogP) is 2.18. The molecule has 142 valence electrons. The van der Waals surface area contributed by atoms with E-state index in [9.17, 15) is 10.1 Å². The summed E-state index contributed by atoms with van der Waals surface area (Å²) in [7, 11) is 0. The van der Waals surface area contributed by atoms with E-state index in [1.165, 1.54) is 6.07 Å². The van der Waals surface area contributed by atoms with Crippen LogP contribution in [0.1, 0.15) is 18.4 Å². The van der Waals surface area contributed by atoms with Crippen LogP contribution >= 0.6 is 12.2 Å². The van der Waals surface area contributed by atoms with Crippen LogP contribution in [0.5, 0.6) is 0 Å². The van der Waals surface area contributed by atoms with Gasteiger partial charge in [-0.1, -0.05) is 12.1 Å². The standard InChI is InChI=1S/C18H21N5O3S/c19-18(27)21-20-12-15-5-4-14(17(15)22-6-8-26-9-7-22)10-13-2-1-3-16(11-13)23(24)25/h1-3,10-12H,4-9H2,(H3,19,21,27)/b14-10+,20-12+. The zero-order chi connectivity index (χ0) is 19.2. The van der Waals surface area contributed by atoms with Gasteiger partial charge in [0.05, 0.1) is 24.4 Å². The van der Waals surface area contributed by atoms with Crippen LogP contribution in [-0.4, -0.2) is 47.5 Å². The van der Waals surface area contributed by atoms with Gasteiger partial charge in [0.2, 0.25) is 0 Å². The number of morpholine rings is 1. The highest BCUT2D eigenvalue weighted by Crippen LogP contribution is 2.35. The van der Waals surface area contributed by atoms with E-state index in [2.05, 4.69) is 15.4 Å². The summed E-state index contributed by atoms with van der Waals surface area (Å²) in [6.07, 6.45) is 5.43. The second kappa shape index (κ2) is 8.74. The summed E-state index contributed by atoms with van der Waals surface area (Å²) in [4.78, 5) is 12.9. The van der Waals surface area contributed by atoms with Crippen LogP contribution in [0.2, 0.25) is 0 Å².